The van der Waals surface area contributed by atoms with Crippen LogP contribution in [-0.4, -0.2) is 33.3 Å². The summed E-state index contributed by atoms with van der Waals surface area (Å²) in [5, 5.41) is 9.16. The van der Waals surface area contributed by atoms with Crippen molar-refractivity contribution in [3.05, 3.63) is 29.8 Å². The summed E-state index contributed by atoms with van der Waals surface area (Å²) in [5.41, 5.74) is 0.402. The summed E-state index contributed by atoms with van der Waals surface area (Å²) in [4.78, 5) is 0.134. The van der Waals surface area contributed by atoms with Crippen LogP contribution in [0.25, 0.3) is 0 Å². The van der Waals surface area contributed by atoms with Crippen LogP contribution in [-0.2, 0) is 21.4 Å². The largest absolute Gasteiger partial charge is 0.392 e. The Morgan fingerprint density at radius 1 is 1.20 bits per heavy atom. The molecular formula is C14H23NO4S. The van der Waals surface area contributed by atoms with Gasteiger partial charge in [0.2, 0.25) is 10.0 Å². The third kappa shape index (κ3) is 5.58. The van der Waals surface area contributed by atoms with E-state index in [1.54, 1.807) is 18.2 Å². The topological polar surface area (TPSA) is 75.6 Å². The zero-order chi connectivity index (χ0) is 14.8. The van der Waals surface area contributed by atoms with Gasteiger partial charge in [0, 0.05) is 19.8 Å². The van der Waals surface area contributed by atoms with E-state index >= 15 is 0 Å². The van der Waals surface area contributed by atoms with Crippen LogP contribution in [0, 0.1) is 0 Å². The fourth-order valence-corrected chi connectivity index (χ4v) is 3.01. The fraction of sp³-hybridized carbons (Fsp3) is 0.571. The Hall–Kier alpha value is -0.950. The van der Waals surface area contributed by atoms with Gasteiger partial charge in [0.05, 0.1) is 11.5 Å². The number of unbranched alkanes of at least 4 members (excludes halogenated alkanes) is 1. The summed E-state index contributed by atoms with van der Waals surface area (Å²) in [5.74, 6) is 0. The highest BCUT2D eigenvalue weighted by molar-refractivity contribution is 7.89. The van der Waals surface area contributed by atoms with Gasteiger partial charge < -0.3 is 9.84 Å². The van der Waals surface area contributed by atoms with Gasteiger partial charge in [-0.05, 0) is 24.5 Å². The first kappa shape index (κ1) is 17.1. The van der Waals surface area contributed by atoms with Gasteiger partial charge in [-0.3, -0.25) is 0 Å². The monoisotopic (exact) mass is 301 g/mol. The van der Waals surface area contributed by atoms with Gasteiger partial charge in [0.25, 0.3) is 0 Å². The summed E-state index contributed by atoms with van der Waals surface area (Å²) in [6, 6.07) is 6.43. The number of benzene rings is 1. The highest BCUT2D eigenvalue weighted by Crippen LogP contribution is 2.14. The molecule has 0 unspecified atom stereocenters. The summed E-state index contributed by atoms with van der Waals surface area (Å²) in [6.07, 6.45) is 2.74. The van der Waals surface area contributed by atoms with Gasteiger partial charge in [-0.1, -0.05) is 31.5 Å². The minimum atomic E-state index is -3.57. The number of hydrogen-bond acceptors (Lipinski definition) is 4. The van der Waals surface area contributed by atoms with E-state index in [9.17, 15) is 8.42 Å². The second kappa shape index (κ2) is 9.07. The van der Waals surface area contributed by atoms with Gasteiger partial charge in [-0.25, -0.2) is 13.1 Å². The highest BCUT2D eigenvalue weighted by atomic mass is 32.2. The van der Waals surface area contributed by atoms with Gasteiger partial charge in [0.15, 0.2) is 0 Å². The predicted molar refractivity (Wildman–Crippen MR) is 77.9 cm³/mol. The average Bonchev–Trinajstić information content (AvgIpc) is 2.46. The van der Waals surface area contributed by atoms with Crippen LogP contribution < -0.4 is 4.72 Å². The van der Waals surface area contributed by atoms with Crippen molar-refractivity contribution >= 4 is 10.0 Å². The van der Waals surface area contributed by atoms with Crippen molar-refractivity contribution in [1.82, 2.24) is 4.72 Å². The molecule has 0 bridgehead atoms. The molecule has 1 rings (SSSR count). The number of rotatable bonds is 10. The Kier molecular flexibility index (Phi) is 7.76. The normalized spacial score (nSPS) is 11.7. The first-order chi connectivity index (χ1) is 9.61. The molecule has 0 saturated carbocycles. The van der Waals surface area contributed by atoms with Crippen molar-refractivity contribution in [1.29, 1.82) is 0 Å². The Morgan fingerprint density at radius 2 is 1.90 bits per heavy atom. The minimum Gasteiger partial charge on any atom is -0.392 e. The van der Waals surface area contributed by atoms with Crippen molar-refractivity contribution in [2.45, 2.75) is 37.7 Å². The molecule has 5 nitrogen and oxygen atoms in total. The summed E-state index contributed by atoms with van der Waals surface area (Å²) < 4.78 is 32.1. The molecule has 1 aromatic carbocycles. The fourth-order valence-electron chi connectivity index (χ4n) is 1.70. The lowest BCUT2D eigenvalue weighted by Crippen LogP contribution is -2.26. The number of aliphatic hydroxyl groups is 1. The van der Waals surface area contributed by atoms with E-state index in [1.165, 1.54) is 6.07 Å². The van der Waals surface area contributed by atoms with Crippen LogP contribution in [0.4, 0.5) is 0 Å². The van der Waals surface area contributed by atoms with E-state index in [2.05, 4.69) is 11.6 Å². The van der Waals surface area contributed by atoms with Crippen LogP contribution >= 0.6 is 0 Å². The zero-order valence-electron chi connectivity index (χ0n) is 11.8. The lowest BCUT2D eigenvalue weighted by atomic mass is 10.2. The lowest BCUT2D eigenvalue weighted by molar-refractivity contribution is 0.130. The third-order valence-corrected chi connectivity index (χ3v) is 4.39. The van der Waals surface area contributed by atoms with E-state index < -0.39 is 10.0 Å². The Balaban J connectivity index is 2.42. The molecule has 0 aliphatic heterocycles. The SMILES string of the molecule is CCCCOCCCNS(=O)(=O)c1ccccc1CO. The second-order valence-corrected chi connectivity index (χ2v) is 6.22. The van der Waals surface area contributed by atoms with Gasteiger partial charge in [-0.15, -0.1) is 0 Å². The molecule has 1 aromatic rings. The van der Waals surface area contributed by atoms with Crippen LogP contribution in [0.3, 0.4) is 0 Å². The van der Waals surface area contributed by atoms with E-state index in [0.29, 0.717) is 25.1 Å². The second-order valence-electron chi connectivity index (χ2n) is 4.48. The Morgan fingerprint density at radius 3 is 2.60 bits per heavy atom. The van der Waals surface area contributed by atoms with Crippen LogP contribution in [0.2, 0.25) is 0 Å². The first-order valence-electron chi connectivity index (χ1n) is 6.88. The van der Waals surface area contributed by atoms with E-state index in [0.717, 1.165) is 19.4 Å². The maximum absolute atomic E-state index is 12.1. The summed E-state index contributed by atoms with van der Waals surface area (Å²) in [7, 11) is -3.57. The van der Waals surface area contributed by atoms with E-state index in [-0.39, 0.29) is 11.5 Å². The number of sulfonamides is 1. The molecule has 0 spiro atoms. The number of nitrogens with one attached hydrogen (secondary N) is 1. The van der Waals surface area contributed by atoms with Crippen molar-refractivity contribution in [2.75, 3.05) is 19.8 Å². The van der Waals surface area contributed by atoms with E-state index in [1.807, 2.05) is 0 Å². The van der Waals surface area contributed by atoms with Gasteiger partial charge >= 0.3 is 0 Å². The smallest absolute Gasteiger partial charge is 0.240 e. The van der Waals surface area contributed by atoms with Gasteiger partial charge in [-0.2, -0.15) is 0 Å². The molecular weight excluding hydrogens is 278 g/mol. The molecule has 0 atom stereocenters. The molecule has 0 amide bonds. The molecule has 6 heteroatoms. The first-order valence-corrected chi connectivity index (χ1v) is 8.36. The average molecular weight is 301 g/mol. The zero-order valence-corrected chi connectivity index (χ0v) is 12.7. The van der Waals surface area contributed by atoms with Crippen molar-refractivity contribution < 1.29 is 18.3 Å². The molecule has 0 heterocycles. The number of aliphatic hydroxyl groups excluding tert-OH is 1. The van der Waals surface area contributed by atoms with Crippen molar-refractivity contribution in [3.8, 4) is 0 Å². The molecule has 0 aliphatic carbocycles. The number of ether oxygens (including phenoxy) is 1. The molecule has 114 valence electrons. The standard InChI is InChI=1S/C14H23NO4S/c1-2-3-10-19-11-6-9-15-20(17,18)14-8-5-4-7-13(14)12-16/h4-5,7-8,15-16H,2-3,6,9-12H2,1H3. The van der Waals surface area contributed by atoms with Crippen LogP contribution in [0.1, 0.15) is 31.7 Å². The summed E-state index contributed by atoms with van der Waals surface area (Å²) in [6.45, 7) is 3.39. The van der Waals surface area contributed by atoms with Crippen molar-refractivity contribution in [2.24, 2.45) is 0 Å². The molecule has 20 heavy (non-hydrogen) atoms. The molecule has 0 aromatic heterocycles. The molecule has 0 saturated heterocycles. The van der Waals surface area contributed by atoms with E-state index in [4.69, 9.17) is 9.84 Å². The Labute approximate surface area is 121 Å². The summed E-state index contributed by atoms with van der Waals surface area (Å²) >= 11 is 0. The minimum absolute atomic E-state index is 0.134. The molecule has 2 N–H and O–H groups in total. The lowest BCUT2D eigenvalue weighted by Gasteiger charge is -2.10. The predicted octanol–water partition coefficient (Wildman–Crippen LogP) is 1.66. The Bertz CT molecular complexity index is 488. The van der Waals surface area contributed by atoms with Gasteiger partial charge in [0.1, 0.15) is 0 Å². The maximum atomic E-state index is 12.1. The highest BCUT2D eigenvalue weighted by Gasteiger charge is 2.16. The van der Waals surface area contributed by atoms with Crippen LogP contribution in [0.5, 0.6) is 0 Å². The third-order valence-electron chi connectivity index (χ3n) is 2.83. The van der Waals surface area contributed by atoms with Crippen LogP contribution in [0.15, 0.2) is 29.2 Å². The molecule has 0 radical (unpaired) electrons. The maximum Gasteiger partial charge on any atom is 0.240 e. The quantitative estimate of drug-likeness (QED) is 0.645. The number of hydrogen-bond donors (Lipinski definition) is 2. The molecule has 0 aliphatic rings. The van der Waals surface area contributed by atoms with Crippen molar-refractivity contribution in [3.63, 3.8) is 0 Å². The molecule has 0 fully saturated rings.